The predicted octanol–water partition coefficient (Wildman–Crippen LogP) is 3.36. The zero-order valence-corrected chi connectivity index (χ0v) is 17.8. The van der Waals surface area contributed by atoms with Gasteiger partial charge in [-0.2, -0.15) is 0 Å². The van der Waals surface area contributed by atoms with E-state index in [1.807, 2.05) is 63.2 Å². The van der Waals surface area contributed by atoms with Crippen molar-refractivity contribution in [2.45, 2.75) is 32.1 Å². The molecule has 1 aromatic heterocycles. The molecule has 0 aliphatic carbocycles. The zero-order chi connectivity index (χ0) is 21.5. The molecular formula is C21H23N5O3S. The minimum absolute atomic E-state index is 0.230. The number of aromatic nitrogens is 2. The van der Waals surface area contributed by atoms with Crippen LogP contribution in [0.4, 0.5) is 5.69 Å². The molecule has 0 fully saturated rings. The number of nitrogens with one attached hydrogen (secondary N) is 3. The molecule has 8 nitrogen and oxygen atoms in total. The number of hydrogen-bond donors (Lipinski definition) is 3. The molecule has 1 amide bonds. The van der Waals surface area contributed by atoms with E-state index in [4.69, 9.17) is 4.42 Å². The van der Waals surface area contributed by atoms with Crippen molar-refractivity contribution in [3.63, 3.8) is 0 Å². The lowest BCUT2D eigenvalue weighted by molar-refractivity contribution is -0.114. The van der Waals surface area contributed by atoms with Crippen LogP contribution in [-0.2, 0) is 11.2 Å². The Morgan fingerprint density at radius 1 is 1.20 bits per heavy atom. The summed E-state index contributed by atoms with van der Waals surface area (Å²) in [5.74, 6) is -0.378. The largest absolute Gasteiger partial charge is 0.434 e. The SMILES string of the molecule is CC.Cc1ccc2c(c1)SNC(C(=O)NCCc1ccccc1-c1n[nH]c(=O)o1)=N2. The molecule has 30 heavy (non-hydrogen) atoms. The van der Waals surface area contributed by atoms with E-state index in [1.165, 1.54) is 11.9 Å². The summed E-state index contributed by atoms with van der Waals surface area (Å²) in [6.07, 6.45) is 0.550. The second-order valence-corrected chi connectivity index (χ2v) is 7.07. The topological polar surface area (TPSA) is 112 Å². The van der Waals surface area contributed by atoms with Gasteiger partial charge in [0, 0.05) is 12.1 Å². The van der Waals surface area contributed by atoms with E-state index < -0.39 is 5.76 Å². The number of H-pyrrole nitrogens is 1. The van der Waals surface area contributed by atoms with Crippen LogP contribution in [0.3, 0.4) is 0 Å². The second kappa shape index (κ2) is 9.93. The molecule has 4 rings (SSSR count). The van der Waals surface area contributed by atoms with E-state index in [9.17, 15) is 9.59 Å². The quantitative estimate of drug-likeness (QED) is 0.541. The summed E-state index contributed by atoms with van der Waals surface area (Å²) in [7, 11) is 0. The Kier molecular flexibility index (Phi) is 7.08. The van der Waals surface area contributed by atoms with Gasteiger partial charge in [0.25, 0.3) is 5.91 Å². The number of aromatic amines is 1. The minimum Gasteiger partial charge on any atom is -0.388 e. The van der Waals surface area contributed by atoms with E-state index in [1.54, 1.807) is 0 Å². The van der Waals surface area contributed by atoms with Crippen molar-refractivity contribution >= 4 is 29.4 Å². The summed E-state index contributed by atoms with van der Waals surface area (Å²) < 4.78 is 8.01. The van der Waals surface area contributed by atoms with Crippen LogP contribution in [0, 0.1) is 6.92 Å². The molecule has 0 unspecified atom stereocenters. The molecule has 1 aliphatic heterocycles. The molecule has 0 spiro atoms. The normalized spacial score (nSPS) is 12.0. The third-order valence-electron chi connectivity index (χ3n) is 4.19. The average molecular weight is 426 g/mol. The van der Waals surface area contributed by atoms with E-state index >= 15 is 0 Å². The lowest BCUT2D eigenvalue weighted by atomic mass is 10.0. The highest BCUT2D eigenvalue weighted by molar-refractivity contribution is 7.98. The van der Waals surface area contributed by atoms with Crippen molar-refractivity contribution in [2.24, 2.45) is 4.99 Å². The van der Waals surface area contributed by atoms with Gasteiger partial charge in [-0.15, -0.1) is 5.10 Å². The van der Waals surface area contributed by atoms with Gasteiger partial charge in [-0.25, -0.2) is 14.9 Å². The van der Waals surface area contributed by atoms with Crippen LogP contribution in [0.2, 0.25) is 0 Å². The Hall–Kier alpha value is -3.33. The van der Waals surface area contributed by atoms with Crippen molar-refractivity contribution in [1.82, 2.24) is 20.2 Å². The number of fused-ring (bicyclic) bond motifs is 1. The summed E-state index contributed by atoms with van der Waals surface area (Å²) in [6, 6.07) is 13.3. The van der Waals surface area contributed by atoms with Crippen LogP contribution in [0.15, 0.2) is 61.6 Å². The minimum atomic E-state index is -0.604. The first-order chi connectivity index (χ1) is 14.6. The van der Waals surface area contributed by atoms with E-state index in [0.29, 0.717) is 18.5 Å². The molecule has 3 aromatic rings. The number of nitrogens with zero attached hydrogens (tertiary/aromatic N) is 2. The molecule has 2 aromatic carbocycles. The number of rotatable bonds is 5. The number of aliphatic imine (C=N–C) groups is 1. The molecule has 0 saturated heterocycles. The van der Waals surface area contributed by atoms with Gasteiger partial charge in [-0.05, 0) is 54.6 Å². The summed E-state index contributed by atoms with van der Waals surface area (Å²) >= 11 is 1.38. The van der Waals surface area contributed by atoms with Gasteiger partial charge >= 0.3 is 5.76 Å². The Bertz CT molecular complexity index is 1120. The third kappa shape index (κ3) is 4.98. The molecule has 0 saturated carbocycles. The average Bonchev–Trinajstić information content (AvgIpc) is 3.21. The molecule has 0 atom stereocenters. The van der Waals surface area contributed by atoms with Gasteiger partial charge in [0.2, 0.25) is 11.7 Å². The van der Waals surface area contributed by atoms with E-state index in [-0.39, 0.29) is 17.6 Å². The predicted molar refractivity (Wildman–Crippen MR) is 118 cm³/mol. The van der Waals surface area contributed by atoms with Gasteiger partial charge in [-0.3, -0.25) is 4.79 Å². The van der Waals surface area contributed by atoms with Crippen LogP contribution in [0.25, 0.3) is 11.5 Å². The molecule has 3 N–H and O–H groups in total. The fraction of sp³-hybridized carbons (Fsp3) is 0.238. The second-order valence-electron chi connectivity index (χ2n) is 6.22. The molecule has 9 heteroatoms. The molecule has 1 aliphatic rings. The lowest BCUT2D eigenvalue weighted by Gasteiger charge is -2.16. The monoisotopic (exact) mass is 425 g/mol. The van der Waals surface area contributed by atoms with Crippen molar-refractivity contribution in [1.29, 1.82) is 0 Å². The highest BCUT2D eigenvalue weighted by Crippen LogP contribution is 2.31. The van der Waals surface area contributed by atoms with Gasteiger partial charge in [0.1, 0.15) is 0 Å². The molecule has 0 radical (unpaired) electrons. The maximum absolute atomic E-state index is 12.4. The number of carbonyl (C=O) groups excluding carboxylic acids is 1. The van der Waals surface area contributed by atoms with Crippen LogP contribution >= 0.6 is 11.9 Å². The molecule has 2 heterocycles. The number of amides is 1. The van der Waals surface area contributed by atoms with Gasteiger partial charge in [0.05, 0.1) is 10.6 Å². The summed E-state index contributed by atoms with van der Waals surface area (Å²) in [4.78, 5) is 29.0. The first-order valence-electron chi connectivity index (χ1n) is 9.64. The number of benzene rings is 2. The van der Waals surface area contributed by atoms with Gasteiger partial charge in [-0.1, -0.05) is 38.1 Å². The fourth-order valence-corrected chi connectivity index (χ4v) is 3.63. The number of hydrogen-bond acceptors (Lipinski definition) is 7. The number of aryl methyl sites for hydroxylation is 1. The maximum atomic E-state index is 12.4. The molecule has 0 bridgehead atoms. The van der Waals surface area contributed by atoms with E-state index in [2.05, 4.69) is 25.2 Å². The highest BCUT2D eigenvalue weighted by atomic mass is 32.2. The van der Waals surface area contributed by atoms with Gasteiger partial charge < -0.3 is 14.5 Å². The van der Waals surface area contributed by atoms with Crippen molar-refractivity contribution < 1.29 is 9.21 Å². The highest BCUT2D eigenvalue weighted by Gasteiger charge is 2.18. The first kappa shape index (κ1) is 21.4. The third-order valence-corrected chi connectivity index (χ3v) is 5.03. The van der Waals surface area contributed by atoms with Gasteiger partial charge in [0.15, 0.2) is 0 Å². The lowest BCUT2D eigenvalue weighted by Crippen LogP contribution is -2.39. The van der Waals surface area contributed by atoms with Crippen molar-refractivity contribution in [2.75, 3.05) is 6.54 Å². The summed E-state index contributed by atoms with van der Waals surface area (Å²) in [5.41, 5.74) is 3.54. The Morgan fingerprint density at radius 2 is 2.00 bits per heavy atom. The number of amidine groups is 1. The number of carbonyl (C=O) groups is 1. The Balaban J connectivity index is 0.00000124. The fourth-order valence-electron chi connectivity index (χ4n) is 2.83. The van der Waals surface area contributed by atoms with Crippen LogP contribution in [0.5, 0.6) is 0 Å². The molecule has 156 valence electrons. The van der Waals surface area contributed by atoms with Crippen molar-refractivity contribution in [3.05, 3.63) is 64.1 Å². The standard InChI is InChI=1S/C19H17N5O3S.C2H6/c1-11-6-7-14-15(10-11)28-24-16(21-14)17(25)20-9-8-12-4-2-3-5-13(12)18-22-23-19(26)27-18;1-2/h2-7,10H,8-9H2,1H3,(H,20,25)(H,21,24)(H,23,26);1-2H3. The van der Waals surface area contributed by atoms with Crippen molar-refractivity contribution in [3.8, 4) is 11.5 Å². The zero-order valence-electron chi connectivity index (χ0n) is 17.0. The molecular weight excluding hydrogens is 402 g/mol. The summed E-state index contributed by atoms with van der Waals surface area (Å²) in [6.45, 7) is 6.41. The smallest absolute Gasteiger partial charge is 0.388 e. The summed E-state index contributed by atoms with van der Waals surface area (Å²) in [5, 5.41) is 8.98. The first-order valence-corrected chi connectivity index (χ1v) is 10.5. The maximum Gasteiger partial charge on any atom is 0.434 e. The van der Waals surface area contributed by atoms with Crippen LogP contribution in [0.1, 0.15) is 25.0 Å². The Labute approximate surface area is 178 Å². The van der Waals surface area contributed by atoms with E-state index in [0.717, 1.165) is 21.7 Å². The van der Waals surface area contributed by atoms with Crippen LogP contribution < -0.4 is 15.8 Å². The Morgan fingerprint density at radius 3 is 2.77 bits per heavy atom. The van der Waals surface area contributed by atoms with Crippen LogP contribution in [-0.4, -0.2) is 28.5 Å².